The zero-order valence-corrected chi connectivity index (χ0v) is 11.0. The van der Waals surface area contributed by atoms with Gasteiger partial charge in [0, 0.05) is 37.1 Å². The van der Waals surface area contributed by atoms with E-state index in [4.69, 9.17) is 0 Å². The van der Waals surface area contributed by atoms with Crippen LogP contribution in [0.25, 0.3) is 0 Å². The van der Waals surface area contributed by atoms with Crippen LogP contribution in [0, 0.1) is 0 Å². The van der Waals surface area contributed by atoms with Crippen molar-refractivity contribution in [3.05, 3.63) is 34.7 Å². The number of hydrogen-bond acceptors (Lipinski definition) is 2. The molecule has 0 spiro atoms. The van der Waals surface area contributed by atoms with Gasteiger partial charge in [0.2, 0.25) is 0 Å². The summed E-state index contributed by atoms with van der Waals surface area (Å²) < 4.78 is 2.08. The van der Waals surface area contributed by atoms with Crippen molar-refractivity contribution in [2.24, 2.45) is 0 Å². The summed E-state index contributed by atoms with van der Waals surface area (Å²) in [6.07, 6.45) is 8.45. The van der Waals surface area contributed by atoms with Gasteiger partial charge in [-0.2, -0.15) is 0 Å². The lowest BCUT2D eigenvalue weighted by Crippen LogP contribution is -2.29. The molecule has 3 heteroatoms. The zero-order valence-electron chi connectivity index (χ0n) is 11.0. The highest BCUT2D eigenvalue weighted by Gasteiger charge is 2.03. The lowest BCUT2D eigenvalue weighted by atomic mass is 10.1. The molecule has 1 unspecified atom stereocenters. The SMILES string of the molecule is CCCNC(CC)CCCn1ccc(=O)cc1. The van der Waals surface area contributed by atoms with Gasteiger partial charge in [0.25, 0.3) is 0 Å². The van der Waals surface area contributed by atoms with Crippen LogP contribution in [0.5, 0.6) is 0 Å². The van der Waals surface area contributed by atoms with Gasteiger partial charge in [0.1, 0.15) is 0 Å². The molecule has 0 bridgehead atoms. The number of nitrogens with zero attached hydrogens (tertiary/aromatic N) is 1. The van der Waals surface area contributed by atoms with Crippen molar-refractivity contribution in [2.45, 2.75) is 52.1 Å². The number of hydrogen-bond donors (Lipinski definition) is 1. The molecule has 0 aliphatic carbocycles. The van der Waals surface area contributed by atoms with Crippen LogP contribution in [0.4, 0.5) is 0 Å². The molecule has 0 saturated carbocycles. The molecule has 1 rings (SSSR count). The topological polar surface area (TPSA) is 34.0 Å². The molecule has 1 aromatic heterocycles. The first-order valence-electron chi connectivity index (χ1n) is 6.65. The normalized spacial score (nSPS) is 12.6. The smallest absolute Gasteiger partial charge is 0.181 e. The second-order valence-corrected chi connectivity index (χ2v) is 4.47. The standard InChI is InChI=1S/C14H24N2O/c1-3-9-15-13(4-2)6-5-10-16-11-7-14(17)8-12-16/h7-8,11-13,15H,3-6,9-10H2,1-2H3. The van der Waals surface area contributed by atoms with E-state index in [2.05, 4.69) is 23.7 Å². The van der Waals surface area contributed by atoms with Gasteiger partial charge in [-0.1, -0.05) is 13.8 Å². The summed E-state index contributed by atoms with van der Waals surface area (Å²) in [5.41, 5.74) is 0.0808. The minimum Gasteiger partial charge on any atom is -0.354 e. The highest BCUT2D eigenvalue weighted by molar-refractivity contribution is 4.93. The van der Waals surface area contributed by atoms with Crippen LogP contribution < -0.4 is 10.7 Å². The summed E-state index contributed by atoms with van der Waals surface area (Å²) >= 11 is 0. The van der Waals surface area contributed by atoms with E-state index < -0.39 is 0 Å². The third-order valence-corrected chi connectivity index (χ3v) is 3.01. The molecule has 0 aliphatic rings. The molecule has 1 aromatic rings. The monoisotopic (exact) mass is 236 g/mol. The number of nitrogens with one attached hydrogen (secondary N) is 1. The van der Waals surface area contributed by atoms with E-state index in [1.54, 1.807) is 12.1 Å². The Morgan fingerprint density at radius 1 is 1.29 bits per heavy atom. The van der Waals surface area contributed by atoms with Crippen LogP contribution >= 0.6 is 0 Å². The van der Waals surface area contributed by atoms with Crippen LogP contribution in [0.15, 0.2) is 29.3 Å². The van der Waals surface area contributed by atoms with Crippen molar-refractivity contribution >= 4 is 0 Å². The van der Waals surface area contributed by atoms with Gasteiger partial charge in [0.15, 0.2) is 5.43 Å². The molecular formula is C14H24N2O. The predicted octanol–water partition coefficient (Wildman–Crippen LogP) is 2.41. The van der Waals surface area contributed by atoms with Crippen LogP contribution in [0.1, 0.15) is 39.5 Å². The summed E-state index contributed by atoms with van der Waals surface area (Å²) in [5.74, 6) is 0. The van der Waals surface area contributed by atoms with E-state index >= 15 is 0 Å². The maximum atomic E-state index is 10.9. The van der Waals surface area contributed by atoms with Crippen LogP contribution in [0.3, 0.4) is 0 Å². The minimum atomic E-state index is 0.0808. The Morgan fingerprint density at radius 2 is 2.00 bits per heavy atom. The zero-order chi connectivity index (χ0) is 12.5. The Labute approximate surface area is 104 Å². The summed E-state index contributed by atoms with van der Waals surface area (Å²) in [6.45, 7) is 6.52. The molecule has 1 N–H and O–H groups in total. The molecule has 0 radical (unpaired) electrons. The summed E-state index contributed by atoms with van der Waals surface area (Å²) in [4.78, 5) is 10.9. The lowest BCUT2D eigenvalue weighted by Gasteiger charge is -2.16. The van der Waals surface area contributed by atoms with Crippen LogP contribution in [-0.4, -0.2) is 17.2 Å². The Kier molecular flexibility index (Phi) is 6.63. The average Bonchev–Trinajstić information content (AvgIpc) is 2.36. The fraction of sp³-hybridized carbons (Fsp3) is 0.643. The third-order valence-electron chi connectivity index (χ3n) is 3.01. The largest absolute Gasteiger partial charge is 0.354 e. The van der Waals surface area contributed by atoms with E-state index in [1.165, 1.54) is 19.3 Å². The number of rotatable bonds is 8. The Morgan fingerprint density at radius 3 is 2.59 bits per heavy atom. The minimum absolute atomic E-state index is 0.0808. The van der Waals surface area contributed by atoms with Crippen molar-refractivity contribution in [3.63, 3.8) is 0 Å². The molecule has 0 fully saturated rings. The highest BCUT2D eigenvalue weighted by atomic mass is 16.1. The van der Waals surface area contributed by atoms with Crippen LogP contribution in [0.2, 0.25) is 0 Å². The summed E-state index contributed by atoms with van der Waals surface area (Å²) in [6, 6.07) is 3.87. The maximum absolute atomic E-state index is 10.9. The first-order chi connectivity index (χ1) is 8.26. The van der Waals surface area contributed by atoms with E-state index in [0.717, 1.165) is 19.5 Å². The lowest BCUT2D eigenvalue weighted by molar-refractivity contribution is 0.439. The van der Waals surface area contributed by atoms with Gasteiger partial charge in [-0.05, 0) is 32.2 Å². The van der Waals surface area contributed by atoms with E-state index in [1.807, 2.05) is 12.4 Å². The van der Waals surface area contributed by atoms with Crippen molar-refractivity contribution in [1.29, 1.82) is 0 Å². The molecule has 1 atom stereocenters. The number of pyridine rings is 1. The Balaban J connectivity index is 2.26. The molecule has 0 saturated heterocycles. The van der Waals surface area contributed by atoms with Crippen molar-refractivity contribution < 1.29 is 0 Å². The van der Waals surface area contributed by atoms with E-state index in [0.29, 0.717) is 6.04 Å². The molecule has 0 aromatic carbocycles. The van der Waals surface area contributed by atoms with E-state index in [9.17, 15) is 4.79 Å². The quantitative estimate of drug-likeness (QED) is 0.752. The fourth-order valence-corrected chi connectivity index (χ4v) is 1.91. The molecule has 1 heterocycles. The maximum Gasteiger partial charge on any atom is 0.181 e. The molecule has 0 amide bonds. The second-order valence-electron chi connectivity index (χ2n) is 4.47. The predicted molar refractivity (Wildman–Crippen MR) is 72.3 cm³/mol. The number of aryl methyl sites for hydroxylation is 1. The Hall–Kier alpha value is -1.09. The van der Waals surface area contributed by atoms with Gasteiger partial charge in [-0.15, -0.1) is 0 Å². The van der Waals surface area contributed by atoms with Gasteiger partial charge in [0.05, 0.1) is 0 Å². The van der Waals surface area contributed by atoms with Gasteiger partial charge in [-0.25, -0.2) is 0 Å². The van der Waals surface area contributed by atoms with Crippen LogP contribution in [-0.2, 0) is 6.54 Å². The van der Waals surface area contributed by atoms with Gasteiger partial charge < -0.3 is 9.88 Å². The third kappa shape index (κ3) is 5.68. The van der Waals surface area contributed by atoms with Crippen molar-refractivity contribution in [2.75, 3.05) is 6.54 Å². The first-order valence-corrected chi connectivity index (χ1v) is 6.65. The van der Waals surface area contributed by atoms with Crippen molar-refractivity contribution in [1.82, 2.24) is 9.88 Å². The summed E-state index contributed by atoms with van der Waals surface area (Å²) in [7, 11) is 0. The molecule has 17 heavy (non-hydrogen) atoms. The molecule has 0 aliphatic heterocycles. The van der Waals surface area contributed by atoms with E-state index in [-0.39, 0.29) is 5.43 Å². The molecular weight excluding hydrogens is 212 g/mol. The van der Waals surface area contributed by atoms with Gasteiger partial charge >= 0.3 is 0 Å². The summed E-state index contributed by atoms with van der Waals surface area (Å²) in [5, 5.41) is 3.56. The second kappa shape index (κ2) is 8.07. The first kappa shape index (κ1) is 14.0. The van der Waals surface area contributed by atoms with Gasteiger partial charge in [-0.3, -0.25) is 4.79 Å². The fourth-order valence-electron chi connectivity index (χ4n) is 1.91. The Bertz CT molecular complexity index is 339. The van der Waals surface area contributed by atoms with Crippen molar-refractivity contribution in [3.8, 4) is 0 Å². The molecule has 3 nitrogen and oxygen atoms in total. The average molecular weight is 236 g/mol. The molecule has 96 valence electrons. The number of aromatic nitrogens is 1. The highest BCUT2D eigenvalue weighted by Crippen LogP contribution is 2.03.